The number of hydrogen-bond acceptors (Lipinski definition) is 8. The second kappa shape index (κ2) is 8.92. The lowest BCUT2D eigenvalue weighted by Gasteiger charge is -2.14. The Balaban J connectivity index is 1.91. The maximum Gasteiger partial charge on any atom is 0.339 e. The number of methoxy groups -OCH3 is 3. The maximum atomic E-state index is 12.0. The molecule has 0 unspecified atom stereocenters. The van der Waals surface area contributed by atoms with Gasteiger partial charge in [-0.2, -0.15) is 4.98 Å². The topological polar surface area (TPSA) is 94.6 Å². The number of hydrogen-bond donors (Lipinski definition) is 2. The second-order valence-electron chi connectivity index (χ2n) is 6.07. The molecule has 1 aromatic heterocycles. The molecule has 0 saturated heterocycles. The molecule has 8 heteroatoms. The summed E-state index contributed by atoms with van der Waals surface area (Å²) in [6, 6.07) is 14.2. The van der Waals surface area contributed by atoms with Crippen LogP contribution in [0.25, 0.3) is 0 Å². The number of benzene rings is 2. The molecule has 0 bridgehead atoms. The highest BCUT2D eigenvalue weighted by atomic mass is 16.5. The summed E-state index contributed by atoms with van der Waals surface area (Å²) in [7, 11) is 4.53. The number of rotatable bonds is 7. The molecule has 29 heavy (non-hydrogen) atoms. The molecule has 150 valence electrons. The first-order valence-corrected chi connectivity index (χ1v) is 8.83. The monoisotopic (exact) mass is 394 g/mol. The van der Waals surface area contributed by atoms with Crippen LogP contribution in [-0.4, -0.2) is 37.3 Å². The number of para-hydroxylation sites is 1. The molecule has 0 spiro atoms. The minimum Gasteiger partial charge on any atom is -0.497 e. The first-order valence-electron chi connectivity index (χ1n) is 8.83. The van der Waals surface area contributed by atoms with Gasteiger partial charge in [-0.05, 0) is 31.2 Å². The largest absolute Gasteiger partial charge is 0.497 e. The normalized spacial score (nSPS) is 10.2. The SMILES string of the molecule is COC(=O)c1ccccc1Nc1nc(C)cc(Nc2cc(OC)ccc2OC)n1. The third-order valence-electron chi connectivity index (χ3n) is 4.10. The molecule has 8 nitrogen and oxygen atoms in total. The highest BCUT2D eigenvalue weighted by molar-refractivity contribution is 5.96. The van der Waals surface area contributed by atoms with Crippen molar-refractivity contribution in [3.8, 4) is 11.5 Å². The van der Waals surface area contributed by atoms with Crippen LogP contribution >= 0.6 is 0 Å². The Morgan fingerprint density at radius 2 is 1.69 bits per heavy atom. The number of carbonyl (C=O) groups excluding carboxylic acids is 1. The highest BCUT2D eigenvalue weighted by Crippen LogP contribution is 2.31. The van der Waals surface area contributed by atoms with Gasteiger partial charge < -0.3 is 24.8 Å². The zero-order chi connectivity index (χ0) is 20.8. The summed E-state index contributed by atoms with van der Waals surface area (Å²) >= 11 is 0. The molecular formula is C21H22N4O4. The molecule has 0 saturated carbocycles. The maximum absolute atomic E-state index is 12.0. The van der Waals surface area contributed by atoms with Gasteiger partial charge in [-0.1, -0.05) is 12.1 Å². The average Bonchev–Trinajstić information content (AvgIpc) is 2.73. The zero-order valence-corrected chi connectivity index (χ0v) is 16.6. The number of aromatic nitrogens is 2. The minimum absolute atomic E-state index is 0.339. The quantitative estimate of drug-likeness (QED) is 0.579. The summed E-state index contributed by atoms with van der Waals surface area (Å²) in [6.45, 7) is 1.85. The molecule has 2 N–H and O–H groups in total. The first-order chi connectivity index (χ1) is 14.0. The number of nitrogens with one attached hydrogen (secondary N) is 2. The van der Waals surface area contributed by atoms with E-state index in [1.807, 2.05) is 25.1 Å². The Labute approximate surface area is 168 Å². The number of ether oxygens (including phenoxy) is 3. The van der Waals surface area contributed by atoms with Crippen LogP contribution in [0, 0.1) is 6.92 Å². The Morgan fingerprint density at radius 1 is 0.897 bits per heavy atom. The number of nitrogens with zero attached hydrogens (tertiary/aromatic N) is 2. The van der Waals surface area contributed by atoms with Crippen LogP contribution in [0.1, 0.15) is 16.1 Å². The van der Waals surface area contributed by atoms with Gasteiger partial charge in [-0.25, -0.2) is 9.78 Å². The van der Waals surface area contributed by atoms with Crippen LogP contribution in [0.15, 0.2) is 48.5 Å². The van der Waals surface area contributed by atoms with Gasteiger partial charge in [0.1, 0.15) is 17.3 Å². The van der Waals surface area contributed by atoms with E-state index in [1.165, 1.54) is 7.11 Å². The van der Waals surface area contributed by atoms with Crippen molar-refractivity contribution in [1.29, 1.82) is 0 Å². The highest BCUT2D eigenvalue weighted by Gasteiger charge is 2.13. The third kappa shape index (κ3) is 4.73. The van der Waals surface area contributed by atoms with Crippen LogP contribution in [0.4, 0.5) is 23.1 Å². The van der Waals surface area contributed by atoms with Gasteiger partial charge in [-0.15, -0.1) is 0 Å². The molecule has 0 amide bonds. The Kier molecular flexibility index (Phi) is 6.13. The Morgan fingerprint density at radius 3 is 2.41 bits per heavy atom. The standard InChI is InChI=1S/C21H22N4O4/c1-13-11-19(23-17-12-14(27-2)9-10-18(17)28-3)25-21(22-13)24-16-8-6-5-7-15(16)20(26)29-4/h5-12H,1-4H3,(H2,22,23,24,25). The van der Waals surface area contributed by atoms with Gasteiger partial charge in [0, 0.05) is 17.8 Å². The van der Waals surface area contributed by atoms with Crippen molar-refractivity contribution in [1.82, 2.24) is 9.97 Å². The first kappa shape index (κ1) is 19.9. The van der Waals surface area contributed by atoms with Gasteiger partial charge in [0.15, 0.2) is 0 Å². The number of anilines is 4. The molecule has 0 aliphatic heterocycles. The Bertz CT molecular complexity index is 1020. The predicted octanol–water partition coefficient (Wildman–Crippen LogP) is 4.08. The summed E-state index contributed by atoms with van der Waals surface area (Å²) < 4.78 is 15.5. The van der Waals surface area contributed by atoms with E-state index in [2.05, 4.69) is 20.6 Å². The van der Waals surface area contributed by atoms with Crippen molar-refractivity contribution in [3.63, 3.8) is 0 Å². The van der Waals surface area contributed by atoms with Crippen LogP contribution < -0.4 is 20.1 Å². The van der Waals surface area contributed by atoms with E-state index in [0.29, 0.717) is 40.2 Å². The van der Waals surface area contributed by atoms with Crippen molar-refractivity contribution < 1.29 is 19.0 Å². The number of aryl methyl sites for hydroxylation is 1. The summed E-state index contributed by atoms with van der Waals surface area (Å²) in [5.74, 6) is 1.78. The molecule has 2 aromatic carbocycles. The van der Waals surface area contributed by atoms with E-state index in [9.17, 15) is 4.79 Å². The van der Waals surface area contributed by atoms with Crippen molar-refractivity contribution in [2.24, 2.45) is 0 Å². The van der Waals surface area contributed by atoms with Crippen LogP contribution in [0.2, 0.25) is 0 Å². The van der Waals surface area contributed by atoms with E-state index in [0.717, 1.165) is 5.69 Å². The fraction of sp³-hybridized carbons (Fsp3) is 0.190. The van der Waals surface area contributed by atoms with E-state index < -0.39 is 5.97 Å². The van der Waals surface area contributed by atoms with Crippen LogP contribution in [0.3, 0.4) is 0 Å². The van der Waals surface area contributed by atoms with E-state index in [-0.39, 0.29) is 0 Å². The molecule has 0 radical (unpaired) electrons. The molecule has 0 atom stereocenters. The smallest absolute Gasteiger partial charge is 0.339 e. The van der Waals surface area contributed by atoms with Crippen LogP contribution in [0.5, 0.6) is 11.5 Å². The summed E-state index contributed by atoms with van der Waals surface area (Å²) in [5.41, 5.74) is 2.38. The fourth-order valence-electron chi connectivity index (χ4n) is 2.74. The predicted molar refractivity (Wildman–Crippen MR) is 111 cm³/mol. The third-order valence-corrected chi connectivity index (χ3v) is 4.10. The number of esters is 1. The fourth-order valence-corrected chi connectivity index (χ4v) is 2.74. The molecule has 1 heterocycles. The van der Waals surface area contributed by atoms with Crippen LogP contribution in [-0.2, 0) is 4.74 Å². The van der Waals surface area contributed by atoms with E-state index >= 15 is 0 Å². The molecule has 3 aromatic rings. The van der Waals surface area contributed by atoms with Gasteiger partial charge in [-0.3, -0.25) is 0 Å². The summed E-state index contributed by atoms with van der Waals surface area (Å²) in [5, 5.41) is 6.31. The van der Waals surface area contributed by atoms with Crippen molar-refractivity contribution in [3.05, 3.63) is 59.8 Å². The van der Waals surface area contributed by atoms with Crippen molar-refractivity contribution in [2.75, 3.05) is 32.0 Å². The lowest BCUT2D eigenvalue weighted by Crippen LogP contribution is -2.08. The van der Waals surface area contributed by atoms with E-state index in [1.54, 1.807) is 44.6 Å². The Hall–Kier alpha value is -3.81. The minimum atomic E-state index is -0.444. The van der Waals surface area contributed by atoms with Crippen molar-refractivity contribution >= 4 is 29.1 Å². The molecular weight excluding hydrogens is 372 g/mol. The molecule has 0 fully saturated rings. The van der Waals surface area contributed by atoms with E-state index in [4.69, 9.17) is 14.2 Å². The van der Waals surface area contributed by atoms with Gasteiger partial charge in [0.05, 0.1) is 38.3 Å². The summed E-state index contributed by atoms with van der Waals surface area (Å²) in [6.07, 6.45) is 0. The molecule has 0 aliphatic carbocycles. The molecule has 0 aliphatic rings. The zero-order valence-electron chi connectivity index (χ0n) is 16.6. The number of carbonyl (C=O) groups is 1. The summed E-state index contributed by atoms with van der Waals surface area (Å²) in [4.78, 5) is 20.9. The lowest BCUT2D eigenvalue weighted by molar-refractivity contribution is 0.0602. The van der Waals surface area contributed by atoms with Gasteiger partial charge in [0.25, 0.3) is 0 Å². The molecule has 3 rings (SSSR count). The average molecular weight is 394 g/mol. The van der Waals surface area contributed by atoms with Gasteiger partial charge in [0.2, 0.25) is 5.95 Å². The van der Waals surface area contributed by atoms with Crippen molar-refractivity contribution in [2.45, 2.75) is 6.92 Å². The lowest BCUT2D eigenvalue weighted by atomic mass is 10.2. The van der Waals surface area contributed by atoms with Gasteiger partial charge >= 0.3 is 5.97 Å². The second-order valence-corrected chi connectivity index (χ2v) is 6.07.